The van der Waals surface area contributed by atoms with Crippen molar-refractivity contribution in [3.63, 3.8) is 0 Å². The van der Waals surface area contributed by atoms with Crippen LogP contribution in [-0.2, 0) is 32.0 Å². The molecule has 3 amide bonds. The molecule has 0 fully saturated rings. The van der Waals surface area contributed by atoms with Gasteiger partial charge in [0, 0.05) is 48.4 Å². The smallest absolute Gasteiger partial charge is 0.326 e. The number of imidazole rings is 1. The Labute approximate surface area is 254 Å². The van der Waals surface area contributed by atoms with Crippen LogP contribution in [0.25, 0.3) is 10.9 Å². The molecule has 0 aliphatic carbocycles. The van der Waals surface area contributed by atoms with Crippen molar-refractivity contribution >= 4 is 40.6 Å². The number of guanidine groups is 1. The van der Waals surface area contributed by atoms with Gasteiger partial charge in [-0.2, -0.15) is 0 Å². The van der Waals surface area contributed by atoms with Crippen LogP contribution in [0.4, 0.5) is 0 Å². The van der Waals surface area contributed by atoms with E-state index in [-0.39, 0.29) is 37.7 Å². The van der Waals surface area contributed by atoms with Crippen molar-refractivity contribution in [1.82, 2.24) is 30.9 Å². The number of hydrogen-bond acceptors (Lipinski definition) is 7. The molecule has 4 atom stereocenters. The average Bonchev–Trinajstić information content (AvgIpc) is 3.63. The Hall–Kier alpha value is -4.92. The predicted octanol–water partition coefficient (Wildman–Crippen LogP) is -0.358. The van der Waals surface area contributed by atoms with Gasteiger partial charge in [-0.15, -0.1) is 0 Å². The summed E-state index contributed by atoms with van der Waals surface area (Å²) in [4.78, 5) is 66.0. The van der Waals surface area contributed by atoms with Crippen molar-refractivity contribution in [3.8, 4) is 0 Å². The monoisotopic (exact) mass is 610 g/mol. The lowest BCUT2D eigenvalue weighted by Crippen LogP contribution is -2.58. The summed E-state index contributed by atoms with van der Waals surface area (Å²) in [7, 11) is 0. The van der Waals surface area contributed by atoms with Gasteiger partial charge in [0.25, 0.3) is 0 Å². The molecule has 0 spiro atoms. The fourth-order valence-electron chi connectivity index (χ4n) is 4.76. The first-order valence-corrected chi connectivity index (χ1v) is 14.4. The average molecular weight is 611 g/mol. The number of carbonyl (C=O) groups is 4. The normalized spacial score (nSPS) is 13.9. The maximum atomic E-state index is 13.5. The molecule has 0 saturated heterocycles. The maximum absolute atomic E-state index is 13.5. The number of nitrogens with one attached hydrogen (secondary N) is 5. The van der Waals surface area contributed by atoms with E-state index in [9.17, 15) is 24.3 Å². The largest absolute Gasteiger partial charge is 0.480 e. The topological polar surface area (TPSA) is 259 Å². The van der Waals surface area contributed by atoms with Crippen LogP contribution in [0.3, 0.4) is 0 Å². The zero-order valence-corrected chi connectivity index (χ0v) is 24.9. The number of para-hydroxylation sites is 1. The number of benzene rings is 1. The summed E-state index contributed by atoms with van der Waals surface area (Å²) in [5, 5.41) is 18.7. The highest BCUT2D eigenvalue weighted by Gasteiger charge is 2.31. The minimum absolute atomic E-state index is 0.00697. The number of hydrogen-bond donors (Lipinski definition) is 9. The Morgan fingerprint density at radius 2 is 1.64 bits per heavy atom. The highest BCUT2D eigenvalue weighted by Crippen LogP contribution is 2.19. The van der Waals surface area contributed by atoms with Crippen molar-refractivity contribution in [3.05, 3.63) is 54.2 Å². The molecule has 1 aromatic carbocycles. The van der Waals surface area contributed by atoms with Crippen molar-refractivity contribution < 1.29 is 24.3 Å². The lowest BCUT2D eigenvalue weighted by Gasteiger charge is -2.25. The number of carboxylic acids is 1. The number of carboxylic acid groups (broad SMARTS) is 1. The highest BCUT2D eigenvalue weighted by molar-refractivity contribution is 5.94. The molecule has 2 heterocycles. The minimum Gasteiger partial charge on any atom is -0.480 e. The summed E-state index contributed by atoms with van der Waals surface area (Å²) in [6, 6.07) is 3.04. The molecule has 4 unspecified atom stereocenters. The Morgan fingerprint density at radius 1 is 0.955 bits per heavy atom. The van der Waals surface area contributed by atoms with E-state index in [1.807, 2.05) is 38.1 Å². The first-order chi connectivity index (χ1) is 20.9. The van der Waals surface area contributed by atoms with Gasteiger partial charge in [-0.3, -0.25) is 19.4 Å². The fourth-order valence-corrected chi connectivity index (χ4v) is 4.76. The van der Waals surface area contributed by atoms with E-state index in [0.29, 0.717) is 24.1 Å². The number of aromatic amines is 2. The quantitative estimate of drug-likeness (QED) is 0.0548. The summed E-state index contributed by atoms with van der Waals surface area (Å²) in [6.07, 6.45) is 5.52. The van der Waals surface area contributed by atoms with E-state index in [2.05, 4.69) is 35.9 Å². The number of nitrogens with zero attached hydrogens (tertiary/aromatic N) is 2. The van der Waals surface area contributed by atoms with Gasteiger partial charge in [-0.05, 0) is 36.8 Å². The maximum Gasteiger partial charge on any atom is 0.326 e. The van der Waals surface area contributed by atoms with Gasteiger partial charge in [0.2, 0.25) is 17.7 Å². The Balaban J connectivity index is 1.79. The molecule has 3 rings (SSSR count). The molecule has 0 saturated carbocycles. The number of fused-ring (bicyclic) bond motifs is 1. The van der Waals surface area contributed by atoms with Crippen LogP contribution in [0.5, 0.6) is 0 Å². The van der Waals surface area contributed by atoms with Gasteiger partial charge in [0.15, 0.2) is 5.96 Å². The zero-order valence-electron chi connectivity index (χ0n) is 24.9. The summed E-state index contributed by atoms with van der Waals surface area (Å²) < 4.78 is 0. The molecule has 0 radical (unpaired) electrons. The Bertz CT molecular complexity index is 1430. The van der Waals surface area contributed by atoms with Crippen molar-refractivity contribution in [2.24, 2.45) is 28.1 Å². The number of H-pyrrole nitrogens is 2. The van der Waals surface area contributed by atoms with Crippen LogP contribution < -0.4 is 33.2 Å². The molecular weight excluding hydrogens is 568 g/mol. The van der Waals surface area contributed by atoms with Crippen molar-refractivity contribution in [2.75, 3.05) is 6.54 Å². The highest BCUT2D eigenvalue weighted by atomic mass is 16.4. The molecule has 44 heavy (non-hydrogen) atoms. The summed E-state index contributed by atoms with van der Waals surface area (Å²) in [5.41, 5.74) is 18.9. The lowest BCUT2D eigenvalue weighted by molar-refractivity contribution is -0.142. The summed E-state index contributed by atoms with van der Waals surface area (Å²) >= 11 is 0. The molecular formula is C29H42N10O5. The number of aliphatic carboxylic acids is 1. The number of carbonyl (C=O) groups excluding carboxylic acids is 3. The Kier molecular flexibility index (Phi) is 12.3. The lowest BCUT2D eigenvalue weighted by atomic mass is 10.0. The number of amides is 3. The van der Waals surface area contributed by atoms with Crippen LogP contribution >= 0.6 is 0 Å². The number of aromatic nitrogens is 3. The van der Waals surface area contributed by atoms with E-state index >= 15 is 0 Å². The third-order valence-corrected chi connectivity index (χ3v) is 6.97. The van der Waals surface area contributed by atoms with Crippen molar-refractivity contribution in [2.45, 2.75) is 70.1 Å². The third kappa shape index (κ3) is 10.1. The van der Waals surface area contributed by atoms with E-state index in [1.165, 1.54) is 12.5 Å². The summed E-state index contributed by atoms with van der Waals surface area (Å²) in [6.45, 7) is 4.06. The molecule has 15 heteroatoms. The van der Waals surface area contributed by atoms with Gasteiger partial charge in [0.1, 0.15) is 18.1 Å². The van der Waals surface area contributed by atoms with Crippen LogP contribution in [0, 0.1) is 5.92 Å². The minimum atomic E-state index is -1.29. The second-order valence-electron chi connectivity index (χ2n) is 11.1. The van der Waals surface area contributed by atoms with Crippen molar-refractivity contribution in [1.29, 1.82) is 0 Å². The second kappa shape index (κ2) is 16.1. The molecule has 12 N–H and O–H groups in total. The number of aliphatic imine (C=N–C) groups is 1. The standard InChI is InChI=1S/C29H42N10O5/c1-16(2)10-20(30)25(40)37-22(8-5-9-34-29(31)32)26(41)38-23(12-18-14-33-15-36-18)27(42)39-24(28(43)44)11-17-13-35-21-7-4-3-6-19(17)21/h3-4,6-7,13-16,20,22-24,35H,5,8-12,30H2,1-2H3,(H,33,36)(H,37,40)(H,38,41)(H,39,42)(H,43,44)(H4,31,32,34). The van der Waals surface area contributed by atoms with Crippen LogP contribution in [0.2, 0.25) is 0 Å². The first-order valence-electron chi connectivity index (χ1n) is 14.4. The number of nitrogens with two attached hydrogens (primary N) is 3. The van der Waals surface area contributed by atoms with Crippen LogP contribution in [0.15, 0.2) is 48.0 Å². The first kappa shape index (κ1) is 33.6. The summed E-state index contributed by atoms with van der Waals surface area (Å²) in [5.74, 6) is -3.07. The third-order valence-electron chi connectivity index (χ3n) is 6.97. The van der Waals surface area contributed by atoms with Gasteiger partial charge >= 0.3 is 5.97 Å². The zero-order chi connectivity index (χ0) is 32.2. The fraction of sp³-hybridized carbons (Fsp3) is 0.448. The van der Waals surface area contributed by atoms with Gasteiger partial charge in [-0.1, -0.05) is 32.0 Å². The molecule has 0 bridgehead atoms. The Morgan fingerprint density at radius 3 is 2.30 bits per heavy atom. The molecule has 2 aromatic heterocycles. The van der Waals surface area contributed by atoms with Crippen LogP contribution in [0.1, 0.15) is 44.4 Å². The van der Waals surface area contributed by atoms with Gasteiger partial charge in [0.05, 0.1) is 12.4 Å². The molecule has 0 aliphatic rings. The molecule has 15 nitrogen and oxygen atoms in total. The predicted molar refractivity (Wildman–Crippen MR) is 165 cm³/mol. The van der Waals surface area contributed by atoms with E-state index < -0.39 is 47.9 Å². The molecule has 238 valence electrons. The SMILES string of the molecule is CC(C)CC(N)C(=O)NC(CCCN=C(N)N)C(=O)NC(Cc1cnc[nH]1)C(=O)NC(Cc1c[nH]c2ccccc12)C(=O)O. The van der Waals surface area contributed by atoms with Gasteiger partial charge < -0.3 is 48.2 Å². The van der Waals surface area contributed by atoms with Crippen LogP contribution in [-0.4, -0.2) is 80.4 Å². The van der Waals surface area contributed by atoms with E-state index in [1.54, 1.807) is 6.20 Å². The van der Waals surface area contributed by atoms with Gasteiger partial charge in [-0.25, -0.2) is 9.78 Å². The molecule has 0 aliphatic heterocycles. The van der Waals surface area contributed by atoms with E-state index in [0.717, 1.165) is 10.9 Å². The second-order valence-corrected chi connectivity index (χ2v) is 11.1. The van der Waals surface area contributed by atoms with E-state index in [4.69, 9.17) is 17.2 Å². The molecule has 3 aromatic rings. The number of rotatable bonds is 17.